The Bertz CT molecular complexity index is 502. The van der Waals surface area contributed by atoms with Crippen molar-refractivity contribution < 1.29 is 24.9 Å². The van der Waals surface area contributed by atoms with Crippen LogP contribution in [-0.2, 0) is 4.79 Å². The molecule has 0 aromatic heterocycles. The Balaban J connectivity index is 2.13. The number of amides is 1. The third-order valence-corrected chi connectivity index (χ3v) is 3.34. The van der Waals surface area contributed by atoms with Crippen LogP contribution in [0.4, 0.5) is 0 Å². The molecular formula is C13H15NO5. The molecule has 0 unspecified atom stereocenters. The lowest BCUT2D eigenvalue weighted by Gasteiger charge is -2.41. The Morgan fingerprint density at radius 3 is 2.16 bits per heavy atom. The average molecular weight is 265 g/mol. The van der Waals surface area contributed by atoms with Gasteiger partial charge in [-0.05, 0) is 31.4 Å². The van der Waals surface area contributed by atoms with E-state index in [1.165, 1.54) is 12.1 Å². The van der Waals surface area contributed by atoms with Gasteiger partial charge in [0.15, 0.2) is 0 Å². The number of benzene rings is 1. The number of rotatable bonds is 4. The van der Waals surface area contributed by atoms with Crippen LogP contribution in [0.3, 0.4) is 0 Å². The molecule has 1 amide bonds. The molecule has 0 radical (unpaired) electrons. The Kier molecular flexibility index (Phi) is 3.33. The van der Waals surface area contributed by atoms with Crippen molar-refractivity contribution in [2.45, 2.75) is 31.2 Å². The third kappa shape index (κ3) is 2.96. The van der Waals surface area contributed by atoms with Crippen LogP contribution in [0, 0.1) is 0 Å². The van der Waals surface area contributed by atoms with Crippen molar-refractivity contribution in [1.29, 1.82) is 0 Å². The van der Waals surface area contributed by atoms with E-state index in [1.54, 1.807) is 0 Å². The minimum atomic E-state index is -0.959. The summed E-state index contributed by atoms with van der Waals surface area (Å²) in [6, 6.07) is 3.57. The summed E-state index contributed by atoms with van der Waals surface area (Å²) >= 11 is 0. The fourth-order valence-corrected chi connectivity index (χ4v) is 2.28. The van der Waals surface area contributed by atoms with Crippen LogP contribution in [0.1, 0.15) is 36.0 Å². The van der Waals surface area contributed by atoms with Gasteiger partial charge in [-0.15, -0.1) is 0 Å². The van der Waals surface area contributed by atoms with Crippen molar-refractivity contribution in [3.05, 3.63) is 23.8 Å². The predicted octanol–water partition coefficient (Wildman–Crippen LogP) is 1.22. The van der Waals surface area contributed by atoms with Crippen molar-refractivity contribution in [2.24, 2.45) is 0 Å². The molecule has 19 heavy (non-hydrogen) atoms. The van der Waals surface area contributed by atoms with Crippen LogP contribution in [-0.4, -0.2) is 32.7 Å². The summed E-state index contributed by atoms with van der Waals surface area (Å²) in [4.78, 5) is 22.8. The van der Waals surface area contributed by atoms with Gasteiger partial charge in [-0.3, -0.25) is 9.59 Å². The van der Waals surface area contributed by atoms with Crippen LogP contribution < -0.4 is 5.32 Å². The number of carboxylic acid groups (broad SMARTS) is 1. The Labute approximate surface area is 109 Å². The first-order chi connectivity index (χ1) is 8.90. The smallest absolute Gasteiger partial charge is 0.305 e. The van der Waals surface area contributed by atoms with Crippen molar-refractivity contribution in [1.82, 2.24) is 5.32 Å². The minimum absolute atomic E-state index is 0.106. The van der Waals surface area contributed by atoms with Gasteiger partial charge in [0, 0.05) is 11.6 Å². The second-order valence-corrected chi connectivity index (χ2v) is 4.90. The van der Waals surface area contributed by atoms with Gasteiger partial charge in [-0.2, -0.15) is 0 Å². The maximum absolute atomic E-state index is 12.0. The fraction of sp³-hybridized carbons (Fsp3) is 0.385. The van der Waals surface area contributed by atoms with E-state index < -0.39 is 17.4 Å². The zero-order chi connectivity index (χ0) is 14.0. The number of phenolic OH excluding ortho intramolecular Hbond substituents is 2. The number of hydrogen-bond acceptors (Lipinski definition) is 4. The molecule has 0 saturated heterocycles. The highest BCUT2D eigenvalue weighted by molar-refractivity contribution is 5.95. The molecule has 1 aliphatic rings. The van der Waals surface area contributed by atoms with E-state index in [9.17, 15) is 19.8 Å². The summed E-state index contributed by atoms with van der Waals surface area (Å²) in [5, 5.41) is 30.2. The molecule has 6 nitrogen and oxygen atoms in total. The molecule has 102 valence electrons. The summed E-state index contributed by atoms with van der Waals surface area (Å²) in [6.45, 7) is 0. The minimum Gasteiger partial charge on any atom is -0.508 e. The lowest BCUT2D eigenvalue weighted by Crippen LogP contribution is -2.54. The third-order valence-electron chi connectivity index (χ3n) is 3.34. The molecule has 0 spiro atoms. The summed E-state index contributed by atoms with van der Waals surface area (Å²) in [5.74, 6) is -1.89. The van der Waals surface area contributed by atoms with Crippen LogP contribution >= 0.6 is 0 Å². The Hall–Kier alpha value is -2.24. The van der Waals surface area contributed by atoms with Crippen molar-refractivity contribution >= 4 is 11.9 Å². The van der Waals surface area contributed by atoms with Gasteiger partial charge in [-0.1, -0.05) is 0 Å². The number of phenols is 2. The first-order valence-electron chi connectivity index (χ1n) is 5.98. The second kappa shape index (κ2) is 4.79. The highest BCUT2D eigenvalue weighted by Crippen LogP contribution is 2.35. The largest absolute Gasteiger partial charge is 0.508 e. The molecule has 4 N–H and O–H groups in total. The van der Waals surface area contributed by atoms with Crippen LogP contribution in [0.15, 0.2) is 18.2 Å². The standard InChI is InChI=1S/C13H15NO5/c15-9-4-8(5-10(16)6-9)12(19)14-13(2-1-3-13)7-11(17)18/h4-6,15-16H,1-3,7H2,(H,14,19)(H,17,18). The number of aliphatic carboxylic acids is 1. The number of aromatic hydroxyl groups is 2. The Morgan fingerprint density at radius 1 is 1.16 bits per heavy atom. The summed E-state index contributed by atoms with van der Waals surface area (Å²) in [6.07, 6.45) is 1.99. The molecule has 1 aliphatic carbocycles. The molecule has 0 atom stereocenters. The van der Waals surface area contributed by atoms with E-state index in [4.69, 9.17) is 5.11 Å². The zero-order valence-corrected chi connectivity index (χ0v) is 10.2. The van der Waals surface area contributed by atoms with E-state index in [2.05, 4.69) is 5.32 Å². The SMILES string of the molecule is O=C(O)CC1(NC(=O)c2cc(O)cc(O)c2)CCC1. The molecule has 0 bridgehead atoms. The van der Waals surface area contributed by atoms with Gasteiger partial charge in [0.05, 0.1) is 12.0 Å². The summed E-state index contributed by atoms with van der Waals surface area (Å²) in [7, 11) is 0. The maximum atomic E-state index is 12.0. The molecule has 0 heterocycles. The van der Waals surface area contributed by atoms with E-state index in [0.717, 1.165) is 12.5 Å². The van der Waals surface area contributed by atoms with Gasteiger partial charge in [0.25, 0.3) is 5.91 Å². The monoisotopic (exact) mass is 265 g/mol. The second-order valence-electron chi connectivity index (χ2n) is 4.90. The van der Waals surface area contributed by atoms with Gasteiger partial charge < -0.3 is 20.6 Å². The molecule has 1 saturated carbocycles. The lowest BCUT2D eigenvalue weighted by molar-refractivity contribution is -0.139. The van der Waals surface area contributed by atoms with E-state index in [-0.39, 0.29) is 23.5 Å². The molecule has 1 fully saturated rings. The van der Waals surface area contributed by atoms with Crippen LogP contribution in [0.25, 0.3) is 0 Å². The number of carbonyl (C=O) groups excluding carboxylic acids is 1. The van der Waals surface area contributed by atoms with Gasteiger partial charge in [-0.25, -0.2) is 0 Å². The zero-order valence-electron chi connectivity index (χ0n) is 10.2. The fourth-order valence-electron chi connectivity index (χ4n) is 2.28. The Morgan fingerprint density at radius 2 is 1.74 bits per heavy atom. The topological polar surface area (TPSA) is 107 Å². The number of carbonyl (C=O) groups is 2. The van der Waals surface area contributed by atoms with Gasteiger partial charge >= 0.3 is 5.97 Å². The van der Waals surface area contributed by atoms with Gasteiger partial charge in [0.1, 0.15) is 11.5 Å². The highest BCUT2D eigenvalue weighted by atomic mass is 16.4. The molecule has 1 aromatic rings. The number of nitrogens with one attached hydrogen (secondary N) is 1. The first-order valence-corrected chi connectivity index (χ1v) is 5.98. The van der Waals surface area contributed by atoms with E-state index in [1.807, 2.05) is 0 Å². The first kappa shape index (κ1) is 13.2. The normalized spacial score (nSPS) is 16.4. The van der Waals surface area contributed by atoms with Crippen molar-refractivity contribution in [2.75, 3.05) is 0 Å². The van der Waals surface area contributed by atoms with E-state index in [0.29, 0.717) is 12.8 Å². The van der Waals surface area contributed by atoms with Crippen molar-refractivity contribution in [3.63, 3.8) is 0 Å². The summed E-state index contributed by atoms with van der Waals surface area (Å²) in [5.41, 5.74) is -0.599. The lowest BCUT2D eigenvalue weighted by atomic mass is 9.74. The summed E-state index contributed by atoms with van der Waals surface area (Å²) < 4.78 is 0. The number of hydrogen-bond donors (Lipinski definition) is 4. The molecule has 1 aromatic carbocycles. The van der Waals surface area contributed by atoms with E-state index >= 15 is 0 Å². The van der Waals surface area contributed by atoms with Crippen molar-refractivity contribution in [3.8, 4) is 11.5 Å². The predicted molar refractivity (Wildman–Crippen MR) is 66.1 cm³/mol. The highest BCUT2D eigenvalue weighted by Gasteiger charge is 2.40. The van der Waals surface area contributed by atoms with Gasteiger partial charge in [0.2, 0.25) is 0 Å². The molecular weight excluding hydrogens is 250 g/mol. The quantitative estimate of drug-likeness (QED) is 0.655. The van der Waals surface area contributed by atoms with Crippen LogP contribution in [0.5, 0.6) is 11.5 Å². The maximum Gasteiger partial charge on any atom is 0.305 e. The molecule has 2 rings (SSSR count). The average Bonchev–Trinajstić information content (AvgIpc) is 2.23. The molecule has 0 aliphatic heterocycles. The molecule has 6 heteroatoms. The van der Waals surface area contributed by atoms with Crippen LogP contribution in [0.2, 0.25) is 0 Å². The number of carboxylic acids is 1.